The van der Waals surface area contributed by atoms with E-state index in [0.717, 1.165) is 0 Å². The summed E-state index contributed by atoms with van der Waals surface area (Å²) in [5.41, 5.74) is -0.806. The van der Waals surface area contributed by atoms with Crippen LogP contribution in [0.1, 0.15) is 36.0 Å². The van der Waals surface area contributed by atoms with Crippen LogP contribution in [0.25, 0.3) is 0 Å². The number of aliphatic hydroxyl groups excluding tert-OH is 1. The van der Waals surface area contributed by atoms with Crippen molar-refractivity contribution in [3.63, 3.8) is 0 Å². The second-order valence-electron chi connectivity index (χ2n) is 5.57. The van der Waals surface area contributed by atoms with Crippen LogP contribution in [0.3, 0.4) is 0 Å². The lowest BCUT2D eigenvalue weighted by Crippen LogP contribution is -2.48. The number of fused-ring (bicyclic) bond motifs is 2. The monoisotopic (exact) mass is 303 g/mol. The van der Waals surface area contributed by atoms with Crippen molar-refractivity contribution in [3.8, 4) is 0 Å². The molecule has 1 N–H and O–H groups in total. The van der Waals surface area contributed by atoms with Gasteiger partial charge >= 0.3 is 0 Å². The molecule has 0 spiro atoms. The first kappa shape index (κ1) is 14.3. The number of carbonyl (C=O) groups is 1. The van der Waals surface area contributed by atoms with Gasteiger partial charge < -0.3 is 10.0 Å². The van der Waals surface area contributed by atoms with E-state index in [-0.39, 0.29) is 12.1 Å². The van der Waals surface area contributed by atoms with Gasteiger partial charge in [0.1, 0.15) is 0 Å². The zero-order valence-corrected chi connectivity index (χ0v) is 11.0. The van der Waals surface area contributed by atoms with Gasteiger partial charge in [0.15, 0.2) is 23.3 Å². The Balaban J connectivity index is 1.97. The van der Waals surface area contributed by atoms with E-state index in [2.05, 4.69) is 0 Å². The number of amides is 1. The van der Waals surface area contributed by atoms with E-state index >= 15 is 0 Å². The summed E-state index contributed by atoms with van der Waals surface area (Å²) in [7, 11) is 0. The fraction of sp³-hybridized carbons (Fsp3) is 0.500. The third-order valence-corrected chi connectivity index (χ3v) is 4.28. The Labute approximate surface area is 118 Å². The van der Waals surface area contributed by atoms with Crippen LogP contribution in [0.5, 0.6) is 0 Å². The average Bonchev–Trinajstić information content (AvgIpc) is 2.72. The van der Waals surface area contributed by atoms with E-state index in [1.165, 1.54) is 4.90 Å². The van der Waals surface area contributed by atoms with Crippen LogP contribution in [-0.2, 0) is 0 Å². The van der Waals surface area contributed by atoms with Crippen molar-refractivity contribution in [1.82, 2.24) is 4.90 Å². The maximum Gasteiger partial charge on any atom is 0.257 e. The summed E-state index contributed by atoms with van der Waals surface area (Å²) in [5, 5.41) is 9.66. The summed E-state index contributed by atoms with van der Waals surface area (Å²) in [6, 6.07) is -0.163. The summed E-state index contributed by atoms with van der Waals surface area (Å²) in [4.78, 5) is 13.7. The number of hydrogen-bond acceptors (Lipinski definition) is 2. The highest BCUT2D eigenvalue weighted by Crippen LogP contribution is 2.37. The molecule has 0 radical (unpaired) electrons. The second kappa shape index (κ2) is 4.98. The van der Waals surface area contributed by atoms with Gasteiger partial charge in [0, 0.05) is 12.1 Å². The first-order valence-corrected chi connectivity index (χ1v) is 6.74. The van der Waals surface area contributed by atoms with Gasteiger partial charge in [-0.3, -0.25) is 4.79 Å². The Bertz CT molecular complexity index is 593. The van der Waals surface area contributed by atoms with E-state index in [4.69, 9.17) is 0 Å². The Morgan fingerprint density at radius 2 is 1.62 bits per heavy atom. The van der Waals surface area contributed by atoms with E-state index in [9.17, 15) is 27.5 Å². The van der Waals surface area contributed by atoms with Gasteiger partial charge in [-0.1, -0.05) is 0 Å². The normalized spacial score (nSPS) is 28.0. The number of benzene rings is 1. The molecule has 7 heteroatoms. The van der Waals surface area contributed by atoms with Crippen LogP contribution in [-0.4, -0.2) is 34.1 Å². The standard InChI is InChI=1S/C14H13F4NO2/c15-10-5-9(11(16)13(18)12(10)17)14(21)19-6-1-2-7(19)4-8(20)3-6/h5-8,20H,1-4H2. The van der Waals surface area contributed by atoms with Gasteiger partial charge in [0.25, 0.3) is 5.91 Å². The van der Waals surface area contributed by atoms with Gasteiger partial charge in [0.2, 0.25) is 0 Å². The Morgan fingerprint density at radius 1 is 1.05 bits per heavy atom. The van der Waals surface area contributed by atoms with Crippen molar-refractivity contribution in [3.05, 3.63) is 34.9 Å². The molecule has 2 bridgehead atoms. The van der Waals surface area contributed by atoms with Gasteiger partial charge in [-0.05, 0) is 31.7 Å². The van der Waals surface area contributed by atoms with Crippen molar-refractivity contribution in [2.24, 2.45) is 0 Å². The molecule has 1 amide bonds. The molecule has 1 aromatic carbocycles. The fourth-order valence-electron chi connectivity index (χ4n) is 3.35. The highest BCUT2D eigenvalue weighted by Gasteiger charge is 2.44. The third-order valence-electron chi connectivity index (χ3n) is 4.28. The molecule has 2 heterocycles. The Kier molecular flexibility index (Phi) is 3.39. The SMILES string of the molecule is O=C(c1cc(F)c(F)c(F)c1F)N1C2CCC1CC(O)C2. The minimum Gasteiger partial charge on any atom is -0.393 e. The number of piperidine rings is 1. The summed E-state index contributed by atoms with van der Waals surface area (Å²) >= 11 is 0. The lowest BCUT2D eigenvalue weighted by molar-refractivity contribution is 0.0282. The van der Waals surface area contributed by atoms with Crippen molar-refractivity contribution in [2.75, 3.05) is 0 Å². The maximum absolute atomic E-state index is 13.7. The largest absolute Gasteiger partial charge is 0.393 e. The zero-order valence-electron chi connectivity index (χ0n) is 11.0. The molecule has 2 saturated heterocycles. The van der Waals surface area contributed by atoms with E-state index in [0.29, 0.717) is 31.7 Å². The molecular weight excluding hydrogens is 290 g/mol. The van der Waals surface area contributed by atoms with Gasteiger partial charge in [0.05, 0.1) is 11.7 Å². The molecule has 21 heavy (non-hydrogen) atoms. The fourth-order valence-corrected chi connectivity index (χ4v) is 3.35. The second-order valence-corrected chi connectivity index (χ2v) is 5.57. The van der Waals surface area contributed by atoms with Gasteiger partial charge in [-0.2, -0.15) is 0 Å². The summed E-state index contributed by atoms with van der Waals surface area (Å²) in [6.07, 6.45) is 1.49. The Morgan fingerprint density at radius 3 is 2.19 bits per heavy atom. The predicted octanol–water partition coefficient (Wildman–Crippen LogP) is 2.37. The summed E-state index contributed by atoms with van der Waals surface area (Å²) < 4.78 is 53.1. The molecule has 0 aromatic heterocycles. The lowest BCUT2D eigenvalue weighted by Gasteiger charge is -2.37. The zero-order chi connectivity index (χ0) is 15.3. The van der Waals surface area contributed by atoms with E-state index in [1.54, 1.807) is 0 Å². The maximum atomic E-state index is 13.7. The molecule has 2 atom stereocenters. The van der Waals surface area contributed by atoms with Crippen LogP contribution in [0.2, 0.25) is 0 Å². The molecule has 2 unspecified atom stereocenters. The first-order valence-electron chi connectivity index (χ1n) is 6.74. The first-order chi connectivity index (χ1) is 9.90. The molecule has 3 rings (SSSR count). The molecule has 1 aromatic rings. The van der Waals surface area contributed by atoms with E-state index < -0.39 is 40.8 Å². The molecule has 0 aliphatic carbocycles. The highest BCUT2D eigenvalue weighted by molar-refractivity contribution is 5.95. The Hall–Kier alpha value is -1.63. The number of halogens is 4. The molecule has 114 valence electrons. The van der Waals surface area contributed by atoms with Crippen molar-refractivity contribution in [1.29, 1.82) is 0 Å². The topological polar surface area (TPSA) is 40.5 Å². The summed E-state index contributed by atoms with van der Waals surface area (Å²) in [6.45, 7) is 0. The van der Waals surface area contributed by atoms with Crippen molar-refractivity contribution in [2.45, 2.75) is 43.9 Å². The van der Waals surface area contributed by atoms with Crippen molar-refractivity contribution < 1.29 is 27.5 Å². The minimum atomic E-state index is -1.98. The number of rotatable bonds is 1. The van der Waals surface area contributed by atoms with Crippen LogP contribution >= 0.6 is 0 Å². The third kappa shape index (κ3) is 2.19. The smallest absolute Gasteiger partial charge is 0.257 e. The van der Waals surface area contributed by atoms with Crippen LogP contribution < -0.4 is 0 Å². The number of aliphatic hydroxyl groups is 1. The molecule has 2 fully saturated rings. The summed E-state index contributed by atoms with van der Waals surface area (Å²) in [5.74, 6) is -8.04. The molecular formula is C14H13F4NO2. The van der Waals surface area contributed by atoms with Gasteiger partial charge in [-0.25, -0.2) is 17.6 Å². The predicted molar refractivity (Wildman–Crippen MR) is 64.5 cm³/mol. The number of nitrogens with zero attached hydrogens (tertiary/aromatic N) is 1. The number of carbonyl (C=O) groups excluding carboxylic acids is 1. The van der Waals surface area contributed by atoms with Crippen LogP contribution in [0, 0.1) is 23.3 Å². The van der Waals surface area contributed by atoms with Crippen LogP contribution in [0.15, 0.2) is 6.07 Å². The number of hydrogen-bond donors (Lipinski definition) is 1. The van der Waals surface area contributed by atoms with Crippen LogP contribution in [0.4, 0.5) is 17.6 Å². The minimum absolute atomic E-state index is 0.276. The van der Waals surface area contributed by atoms with Gasteiger partial charge in [-0.15, -0.1) is 0 Å². The quantitative estimate of drug-likeness (QED) is 0.491. The van der Waals surface area contributed by atoms with Crippen molar-refractivity contribution >= 4 is 5.91 Å². The molecule has 2 aliphatic heterocycles. The average molecular weight is 303 g/mol. The lowest BCUT2D eigenvalue weighted by atomic mass is 9.98. The molecule has 0 saturated carbocycles. The van der Waals surface area contributed by atoms with E-state index in [1.807, 2.05) is 0 Å². The highest BCUT2D eigenvalue weighted by atomic mass is 19.2. The molecule has 3 nitrogen and oxygen atoms in total. The molecule has 2 aliphatic rings.